The molecule has 0 saturated carbocycles. The van der Waals surface area contributed by atoms with Crippen molar-refractivity contribution in [1.82, 2.24) is 5.32 Å². The Morgan fingerprint density at radius 2 is 1.39 bits per heavy atom. The monoisotopic (exact) mass is 463 g/mol. The number of unbranched alkanes of at least 4 members (excludes halogenated alkanes) is 1. The zero-order chi connectivity index (χ0) is 23.6. The Balaban J connectivity index is 3.23. The second kappa shape index (κ2) is 13.1. The molecule has 0 aromatic heterocycles. The minimum absolute atomic E-state index is 0.0330. The van der Waals surface area contributed by atoms with Gasteiger partial charge in [0.25, 0.3) is 5.17 Å². The van der Waals surface area contributed by atoms with Crippen LogP contribution in [0.15, 0.2) is 0 Å². The molecule has 0 aliphatic carbocycles. The van der Waals surface area contributed by atoms with Crippen molar-refractivity contribution in [3.05, 3.63) is 0 Å². The number of rotatable bonds is 9. The van der Waals surface area contributed by atoms with Gasteiger partial charge in [0, 0.05) is 27.7 Å². The third-order valence-corrected chi connectivity index (χ3v) is 4.22. The van der Waals surface area contributed by atoms with Crippen LogP contribution in [0, 0.1) is 0 Å². The molecule has 176 valence electrons. The fourth-order valence-corrected chi connectivity index (χ4v) is 3.01. The highest BCUT2D eigenvalue weighted by molar-refractivity contribution is 7.80. The van der Waals surface area contributed by atoms with E-state index in [2.05, 4.69) is 5.32 Å². The van der Waals surface area contributed by atoms with Crippen LogP contribution in [0.2, 0.25) is 0 Å². The molecule has 5 atom stereocenters. The van der Waals surface area contributed by atoms with Crippen molar-refractivity contribution in [1.29, 1.82) is 0 Å². The van der Waals surface area contributed by atoms with E-state index in [4.69, 9.17) is 40.6 Å². The standard InChI is InChI=1S/C19H29NO10S/c1-6-7-8-25-19(31)20-18-17(29-13(5)24)16(28-12(4)23)15(27-11(3)22)14(30-18)9-26-10(2)21/h14-18H,6-9H2,1-5H3,(H,20,31)/t14-,15+,16-,17+,18-/m1/s1. The van der Waals surface area contributed by atoms with Crippen molar-refractivity contribution in [3.63, 3.8) is 0 Å². The number of hydrogen-bond donors (Lipinski definition) is 1. The summed E-state index contributed by atoms with van der Waals surface area (Å²) < 4.78 is 32.2. The first-order chi connectivity index (χ1) is 14.5. The Morgan fingerprint density at radius 3 is 1.90 bits per heavy atom. The quantitative estimate of drug-likeness (QED) is 0.224. The van der Waals surface area contributed by atoms with Gasteiger partial charge in [0.05, 0.1) is 6.61 Å². The highest BCUT2D eigenvalue weighted by Crippen LogP contribution is 2.28. The molecule has 0 amide bonds. The van der Waals surface area contributed by atoms with Gasteiger partial charge in [-0.1, -0.05) is 13.3 Å². The van der Waals surface area contributed by atoms with Crippen LogP contribution in [0.3, 0.4) is 0 Å². The van der Waals surface area contributed by atoms with Gasteiger partial charge >= 0.3 is 23.9 Å². The molecule has 11 nitrogen and oxygen atoms in total. The summed E-state index contributed by atoms with van der Waals surface area (Å²) in [6, 6.07) is 0. The summed E-state index contributed by atoms with van der Waals surface area (Å²) in [6.07, 6.45) is -4.28. The largest absolute Gasteiger partial charge is 0.471 e. The van der Waals surface area contributed by atoms with Crippen LogP contribution in [0.5, 0.6) is 0 Å². The number of thiocarbonyl (C=S) groups is 1. The lowest BCUT2D eigenvalue weighted by Crippen LogP contribution is -2.66. The molecule has 1 aliphatic rings. The number of carbonyl (C=O) groups is 4. The Kier molecular flexibility index (Phi) is 11.2. The molecule has 1 saturated heterocycles. The third kappa shape index (κ3) is 9.47. The first-order valence-electron chi connectivity index (χ1n) is 9.78. The van der Waals surface area contributed by atoms with Gasteiger partial charge in [0.15, 0.2) is 24.5 Å². The van der Waals surface area contributed by atoms with Crippen molar-refractivity contribution in [3.8, 4) is 0 Å². The fourth-order valence-electron chi connectivity index (χ4n) is 2.81. The lowest BCUT2D eigenvalue weighted by atomic mass is 9.97. The number of esters is 4. The normalized spacial score (nSPS) is 25.0. The molecule has 0 unspecified atom stereocenters. The number of hydrogen-bond acceptors (Lipinski definition) is 11. The predicted octanol–water partition coefficient (Wildman–Crippen LogP) is 0.761. The van der Waals surface area contributed by atoms with Crippen molar-refractivity contribution < 1.29 is 47.6 Å². The molecule has 31 heavy (non-hydrogen) atoms. The van der Waals surface area contributed by atoms with Crippen molar-refractivity contribution >= 4 is 41.3 Å². The summed E-state index contributed by atoms with van der Waals surface area (Å²) in [5.74, 6) is -2.72. The third-order valence-electron chi connectivity index (χ3n) is 3.98. The first-order valence-corrected chi connectivity index (χ1v) is 10.2. The second-order valence-corrected chi connectivity index (χ2v) is 7.12. The predicted molar refractivity (Wildman–Crippen MR) is 109 cm³/mol. The van der Waals surface area contributed by atoms with E-state index in [1.54, 1.807) is 0 Å². The van der Waals surface area contributed by atoms with Crippen molar-refractivity contribution in [2.45, 2.75) is 78.1 Å². The van der Waals surface area contributed by atoms with Crippen LogP contribution >= 0.6 is 12.2 Å². The van der Waals surface area contributed by atoms with Crippen LogP contribution in [-0.2, 0) is 47.6 Å². The van der Waals surface area contributed by atoms with Gasteiger partial charge in [-0.2, -0.15) is 0 Å². The van der Waals surface area contributed by atoms with Gasteiger partial charge in [-0.15, -0.1) is 0 Å². The van der Waals surface area contributed by atoms with Crippen molar-refractivity contribution in [2.75, 3.05) is 13.2 Å². The second-order valence-electron chi connectivity index (χ2n) is 6.75. The molecule has 1 rings (SSSR count). The molecule has 1 N–H and O–H groups in total. The zero-order valence-electron chi connectivity index (χ0n) is 18.2. The zero-order valence-corrected chi connectivity index (χ0v) is 19.0. The smallest absolute Gasteiger partial charge is 0.303 e. The van der Waals surface area contributed by atoms with Gasteiger partial charge in [-0.25, -0.2) is 0 Å². The highest BCUT2D eigenvalue weighted by atomic mass is 32.1. The summed E-state index contributed by atoms with van der Waals surface area (Å²) >= 11 is 5.15. The summed E-state index contributed by atoms with van der Waals surface area (Å²) in [5, 5.41) is 2.73. The van der Waals surface area contributed by atoms with Gasteiger partial charge in [0.2, 0.25) is 0 Å². The Labute approximate surface area is 186 Å². The molecule has 0 aromatic carbocycles. The fraction of sp³-hybridized carbons (Fsp3) is 0.737. The van der Waals surface area contributed by atoms with E-state index >= 15 is 0 Å². The van der Waals surface area contributed by atoms with E-state index < -0.39 is 54.5 Å². The maximum atomic E-state index is 11.8. The van der Waals surface area contributed by atoms with Gasteiger partial charge in [0.1, 0.15) is 12.7 Å². The Hall–Kier alpha value is -2.47. The summed E-state index contributed by atoms with van der Waals surface area (Å²) in [5.41, 5.74) is 0. The average Bonchev–Trinajstić information content (AvgIpc) is 2.64. The van der Waals surface area contributed by atoms with E-state index in [0.717, 1.165) is 33.6 Å². The van der Waals surface area contributed by atoms with Crippen LogP contribution in [0.4, 0.5) is 0 Å². The molecule has 0 bridgehead atoms. The lowest BCUT2D eigenvalue weighted by molar-refractivity contribution is -0.255. The topological polar surface area (TPSA) is 136 Å². The van der Waals surface area contributed by atoms with E-state index in [0.29, 0.717) is 6.61 Å². The number of nitrogens with one attached hydrogen (secondary N) is 1. The van der Waals surface area contributed by atoms with Crippen LogP contribution in [0.25, 0.3) is 0 Å². The van der Waals surface area contributed by atoms with E-state index in [9.17, 15) is 19.2 Å². The Morgan fingerprint density at radius 1 is 0.839 bits per heavy atom. The maximum Gasteiger partial charge on any atom is 0.303 e. The van der Waals surface area contributed by atoms with Crippen molar-refractivity contribution in [2.24, 2.45) is 0 Å². The first kappa shape index (κ1) is 26.6. The molecular weight excluding hydrogens is 434 g/mol. The average molecular weight is 464 g/mol. The lowest BCUT2D eigenvalue weighted by Gasteiger charge is -2.44. The molecule has 12 heteroatoms. The van der Waals surface area contributed by atoms with Crippen LogP contribution < -0.4 is 5.32 Å². The van der Waals surface area contributed by atoms with Crippen LogP contribution in [0.1, 0.15) is 47.5 Å². The van der Waals surface area contributed by atoms with Crippen LogP contribution in [-0.4, -0.2) is 72.9 Å². The number of carbonyl (C=O) groups excluding carboxylic acids is 4. The highest BCUT2D eigenvalue weighted by Gasteiger charge is 2.52. The molecule has 0 aromatic rings. The number of ether oxygens (including phenoxy) is 6. The van der Waals surface area contributed by atoms with Gasteiger partial charge < -0.3 is 33.7 Å². The maximum absolute atomic E-state index is 11.8. The van der Waals surface area contributed by atoms with E-state index in [1.807, 2.05) is 6.92 Å². The summed E-state index contributed by atoms with van der Waals surface area (Å²) in [6.45, 7) is 6.67. The molecule has 0 radical (unpaired) electrons. The van der Waals surface area contributed by atoms with E-state index in [1.165, 1.54) is 6.92 Å². The Bertz CT molecular complexity index is 670. The SMILES string of the molecule is CCCCOC(=S)N[C@@H]1O[C@H](COC(C)=O)[C@H](OC(C)=O)[C@@H](OC(C)=O)[C@@H]1OC(C)=O. The molecule has 0 spiro atoms. The van der Waals surface area contributed by atoms with Gasteiger partial charge in [-0.05, 0) is 18.6 Å². The molecule has 1 heterocycles. The van der Waals surface area contributed by atoms with E-state index in [-0.39, 0.29) is 11.8 Å². The minimum atomic E-state index is -1.27. The minimum Gasteiger partial charge on any atom is -0.471 e. The summed E-state index contributed by atoms with van der Waals surface area (Å²) in [7, 11) is 0. The van der Waals surface area contributed by atoms with Gasteiger partial charge in [-0.3, -0.25) is 19.2 Å². The summed E-state index contributed by atoms with van der Waals surface area (Å²) in [4.78, 5) is 46.4. The molecule has 1 fully saturated rings. The molecule has 1 aliphatic heterocycles. The molecular formula is C19H29NO10S.